The van der Waals surface area contributed by atoms with Gasteiger partial charge in [0.1, 0.15) is 5.75 Å². The van der Waals surface area contributed by atoms with E-state index in [0.717, 1.165) is 23.8 Å². The molecule has 0 spiro atoms. The highest BCUT2D eigenvalue weighted by molar-refractivity contribution is 6.31. The van der Waals surface area contributed by atoms with Crippen molar-refractivity contribution in [3.05, 3.63) is 58.1 Å². The van der Waals surface area contributed by atoms with Gasteiger partial charge in [0.2, 0.25) is 0 Å². The molecule has 6 heteroatoms. The van der Waals surface area contributed by atoms with Gasteiger partial charge in [-0.15, -0.1) is 0 Å². The third-order valence-electron chi connectivity index (χ3n) is 4.13. The van der Waals surface area contributed by atoms with Crippen LogP contribution in [0.4, 0.5) is 5.69 Å². The normalized spacial score (nSPS) is 14.6. The van der Waals surface area contributed by atoms with Crippen LogP contribution in [0.3, 0.4) is 0 Å². The maximum atomic E-state index is 12.8. The second-order valence-electron chi connectivity index (χ2n) is 5.60. The number of nitrogens with zero attached hydrogens (tertiary/aromatic N) is 2. The second-order valence-corrected chi connectivity index (χ2v) is 6.48. The van der Waals surface area contributed by atoms with Gasteiger partial charge in [-0.25, -0.2) is 0 Å². The third kappa shape index (κ3) is 3.60. The minimum atomic E-state index is -0.0331. The highest BCUT2D eigenvalue weighted by Gasteiger charge is 2.24. The summed E-state index contributed by atoms with van der Waals surface area (Å²) in [6, 6.07) is 12.9. The summed E-state index contributed by atoms with van der Waals surface area (Å²) in [6.07, 6.45) is 0. The van der Waals surface area contributed by atoms with Crippen LogP contribution in [0.15, 0.2) is 42.5 Å². The fraction of sp³-hybridized carbons (Fsp3) is 0.278. The molecule has 2 aromatic carbocycles. The predicted molar refractivity (Wildman–Crippen MR) is 97.6 cm³/mol. The number of methoxy groups -OCH3 is 1. The highest BCUT2D eigenvalue weighted by Crippen LogP contribution is 2.26. The number of rotatable bonds is 3. The summed E-state index contributed by atoms with van der Waals surface area (Å²) in [6.45, 7) is 2.83. The predicted octanol–water partition coefficient (Wildman–Crippen LogP) is 3.96. The lowest BCUT2D eigenvalue weighted by atomic mass is 10.1. The number of hydrogen-bond acceptors (Lipinski definition) is 3. The molecule has 1 amide bonds. The van der Waals surface area contributed by atoms with Crippen molar-refractivity contribution < 1.29 is 9.53 Å². The number of amides is 1. The average Bonchev–Trinajstić information content (AvgIpc) is 2.61. The molecule has 4 nitrogen and oxygen atoms in total. The monoisotopic (exact) mass is 364 g/mol. The van der Waals surface area contributed by atoms with E-state index >= 15 is 0 Å². The van der Waals surface area contributed by atoms with E-state index in [1.165, 1.54) is 0 Å². The van der Waals surface area contributed by atoms with E-state index in [2.05, 4.69) is 4.90 Å². The molecule has 0 aliphatic carbocycles. The van der Waals surface area contributed by atoms with E-state index in [1.54, 1.807) is 25.3 Å². The van der Waals surface area contributed by atoms with Crippen LogP contribution < -0.4 is 9.64 Å². The van der Waals surface area contributed by atoms with Crippen LogP contribution in [0.5, 0.6) is 5.75 Å². The highest BCUT2D eigenvalue weighted by atomic mass is 35.5. The van der Waals surface area contributed by atoms with Crippen molar-refractivity contribution in [2.45, 2.75) is 0 Å². The molecule has 1 aliphatic heterocycles. The largest absolute Gasteiger partial charge is 0.496 e. The third-order valence-corrected chi connectivity index (χ3v) is 4.60. The molecule has 2 aromatic rings. The lowest BCUT2D eigenvalue weighted by molar-refractivity contribution is 0.0743. The first-order valence-electron chi connectivity index (χ1n) is 7.72. The Kier molecular flexibility index (Phi) is 5.17. The van der Waals surface area contributed by atoms with Gasteiger partial charge in [0, 0.05) is 41.9 Å². The summed E-state index contributed by atoms with van der Waals surface area (Å²) in [5, 5.41) is 1.27. The molecular formula is C18H18Cl2N2O2. The molecule has 1 aliphatic rings. The number of carbonyl (C=O) groups is 1. The molecule has 0 aromatic heterocycles. The topological polar surface area (TPSA) is 32.8 Å². The summed E-state index contributed by atoms with van der Waals surface area (Å²) in [4.78, 5) is 16.8. The molecule has 126 valence electrons. The van der Waals surface area contributed by atoms with E-state index in [0.29, 0.717) is 29.4 Å². The molecule has 0 radical (unpaired) electrons. The smallest absolute Gasteiger partial charge is 0.257 e. The van der Waals surface area contributed by atoms with Crippen LogP contribution in [-0.4, -0.2) is 44.1 Å². The van der Waals surface area contributed by atoms with Crippen LogP contribution in [-0.2, 0) is 0 Å². The van der Waals surface area contributed by atoms with Crippen molar-refractivity contribution in [1.82, 2.24) is 4.90 Å². The van der Waals surface area contributed by atoms with Crippen LogP contribution in [0.1, 0.15) is 10.4 Å². The van der Waals surface area contributed by atoms with Crippen molar-refractivity contribution in [3.63, 3.8) is 0 Å². The van der Waals surface area contributed by atoms with Crippen LogP contribution in [0.2, 0.25) is 10.0 Å². The van der Waals surface area contributed by atoms with Crippen molar-refractivity contribution in [3.8, 4) is 5.75 Å². The van der Waals surface area contributed by atoms with Gasteiger partial charge in [0.15, 0.2) is 0 Å². The van der Waals surface area contributed by atoms with Gasteiger partial charge in [-0.2, -0.15) is 0 Å². The van der Waals surface area contributed by atoms with Crippen molar-refractivity contribution in [2.75, 3.05) is 38.2 Å². The quantitative estimate of drug-likeness (QED) is 0.825. The zero-order valence-electron chi connectivity index (χ0n) is 13.3. The summed E-state index contributed by atoms with van der Waals surface area (Å²) in [5.74, 6) is 0.471. The molecule has 24 heavy (non-hydrogen) atoms. The van der Waals surface area contributed by atoms with Gasteiger partial charge < -0.3 is 14.5 Å². The van der Waals surface area contributed by atoms with Gasteiger partial charge in [-0.05, 0) is 36.4 Å². The molecule has 0 bridgehead atoms. The summed E-state index contributed by atoms with van der Waals surface area (Å²) in [5.41, 5.74) is 1.62. The molecule has 3 rings (SSSR count). The van der Waals surface area contributed by atoms with E-state index in [9.17, 15) is 4.79 Å². The zero-order valence-corrected chi connectivity index (χ0v) is 14.8. The Morgan fingerprint density at radius 1 is 1.00 bits per heavy atom. The van der Waals surface area contributed by atoms with Crippen LogP contribution in [0, 0.1) is 0 Å². The SMILES string of the molecule is COc1cc(Cl)ccc1C(=O)N1CCN(c2cccc(Cl)c2)CC1. The first-order valence-corrected chi connectivity index (χ1v) is 8.47. The van der Waals surface area contributed by atoms with Gasteiger partial charge in [-0.1, -0.05) is 29.3 Å². The number of halogens is 2. The first-order chi connectivity index (χ1) is 11.6. The number of hydrogen-bond donors (Lipinski definition) is 0. The van der Waals surface area contributed by atoms with Gasteiger partial charge in [0.05, 0.1) is 12.7 Å². The Bertz CT molecular complexity index is 744. The van der Waals surface area contributed by atoms with E-state index in [4.69, 9.17) is 27.9 Å². The zero-order chi connectivity index (χ0) is 17.1. The molecule has 1 saturated heterocycles. The second kappa shape index (κ2) is 7.32. The van der Waals surface area contributed by atoms with Crippen molar-refractivity contribution >= 4 is 34.8 Å². The Morgan fingerprint density at radius 3 is 2.38 bits per heavy atom. The molecule has 1 fully saturated rings. The van der Waals surface area contributed by atoms with E-state index in [1.807, 2.05) is 29.2 Å². The van der Waals surface area contributed by atoms with Gasteiger partial charge in [0.25, 0.3) is 5.91 Å². The lowest BCUT2D eigenvalue weighted by Crippen LogP contribution is -2.48. The first kappa shape index (κ1) is 16.9. The van der Waals surface area contributed by atoms with E-state index < -0.39 is 0 Å². The number of benzene rings is 2. The van der Waals surface area contributed by atoms with Crippen LogP contribution >= 0.6 is 23.2 Å². The maximum absolute atomic E-state index is 12.8. The molecule has 1 heterocycles. The fourth-order valence-corrected chi connectivity index (χ4v) is 3.20. The Hall–Kier alpha value is -1.91. The fourth-order valence-electron chi connectivity index (χ4n) is 2.85. The Balaban J connectivity index is 1.69. The van der Waals surface area contributed by atoms with Crippen molar-refractivity contribution in [2.24, 2.45) is 0 Å². The molecule has 0 atom stereocenters. The number of ether oxygens (including phenoxy) is 1. The standard InChI is InChI=1S/C18H18Cl2N2O2/c1-24-17-12-14(20)5-6-16(17)18(23)22-9-7-21(8-10-22)15-4-2-3-13(19)11-15/h2-6,11-12H,7-10H2,1H3. The maximum Gasteiger partial charge on any atom is 0.257 e. The summed E-state index contributed by atoms with van der Waals surface area (Å²) < 4.78 is 5.28. The van der Waals surface area contributed by atoms with E-state index in [-0.39, 0.29) is 5.91 Å². The Morgan fingerprint density at radius 2 is 1.71 bits per heavy atom. The molecule has 0 unspecified atom stereocenters. The number of carbonyl (C=O) groups excluding carboxylic acids is 1. The molecule has 0 saturated carbocycles. The van der Waals surface area contributed by atoms with Crippen molar-refractivity contribution in [1.29, 1.82) is 0 Å². The summed E-state index contributed by atoms with van der Waals surface area (Å²) >= 11 is 12.0. The Labute approximate surface area is 151 Å². The molecular weight excluding hydrogens is 347 g/mol. The summed E-state index contributed by atoms with van der Waals surface area (Å²) in [7, 11) is 1.54. The average molecular weight is 365 g/mol. The minimum Gasteiger partial charge on any atom is -0.496 e. The minimum absolute atomic E-state index is 0.0331. The lowest BCUT2D eigenvalue weighted by Gasteiger charge is -2.36. The number of piperazine rings is 1. The van der Waals surface area contributed by atoms with Crippen LogP contribution in [0.25, 0.3) is 0 Å². The van der Waals surface area contributed by atoms with Gasteiger partial charge >= 0.3 is 0 Å². The number of anilines is 1. The molecule has 0 N–H and O–H groups in total. The van der Waals surface area contributed by atoms with Gasteiger partial charge in [-0.3, -0.25) is 4.79 Å².